The Kier molecular flexibility index (Phi) is 4.21. The van der Waals surface area contributed by atoms with E-state index in [0.717, 1.165) is 10.0 Å². The molecule has 0 aromatic carbocycles. The van der Waals surface area contributed by atoms with E-state index in [1.54, 1.807) is 24.3 Å². The van der Waals surface area contributed by atoms with Crippen LogP contribution in [0.2, 0.25) is 0 Å². The van der Waals surface area contributed by atoms with E-state index >= 15 is 0 Å². The van der Waals surface area contributed by atoms with Gasteiger partial charge >= 0.3 is 5.97 Å². The van der Waals surface area contributed by atoms with Gasteiger partial charge in [0, 0.05) is 18.5 Å². The van der Waals surface area contributed by atoms with Crippen LogP contribution >= 0.6 is 22.7 Å². The van der Waals surface area contributed by atoms with Crippen LogP contribution in [0.3, 0.4) is 0 Å². The molecule has 8 heteroatoms. The number of aryl methyl sites for hydroxylation is 1. The van der Waals surface area contributed by atoms with Crippen molar-refractivity contribution in [2.45, 2.75) is 13.5 Å². The highest BCUT2D eigenvalue weighted by atomic mass is 32.1. The first-order valence-electron chi connectivity index (χ1n) is 7.48. The Morgan fingerprint density at radius 1 is 1.32 bits per heavy atom. The summed E-state index contributed by atoms with van der Waals surface area (Å²) in [6.07, 6.45) is 3.77. The van der Waals surface area contributed by atoms with E-state index in [9.17, 15) is 4.79 Å². The molecule has 0 unspecified atom stereocenters. The van der Waals surface area contributed by atoms with Crippen molar-refractivity contribution in [1.29, 1.82) is 0 Å². The third-order valence-corrected chi connectivity index (χ3v) is 5.51. The van der Waals surface area contributed by atoms with Crippen LogP contribution < -0.4 is 0 Å². The lowest BCUT2D eigenvalue weighted by Gasteiger charge is -2.00. The number of hydrogen-bond acceptors (Lipinski definition) is 7. The Hall–Kier alpha value is -2.71. The number of rotatable bonds is 5. The molecule has 0 bridgehead atoms. The van der Waals surface area contributed by atoms with E-state index in [2.05, 4.69) is 10.1 Å². The fourth-order valence-corrected chi connectivity index (χ4v) is 3.86. The van der Waals surface area contributed by atoms with Crippen LogP contribution in [-0.4, -0.2) is 20.7 Å². The van der Waals surface area contributed by atoms with Crippen molar-refractivity contribution in [3.63, 3.8) is 0 Å². The van der Waals surface area contributed by atoms with Crippen molar-refractivity contribution < 1.29 is 14.1 Å². The molecule has 0 N–H and O–H groups in total. The molecule has 0 saturated heterocycles. The van der Waals surface area contributed by atoms with Crippen LogP contribution in [0.1, 0.15) is 21.1 Å². The molecule has 0 saturated carbocycles. The topological polar surface area (TPSA) is 70.2 Å². The first kappa shape index (κ1) is 15.8. The molecule has 4 aromatic rings. The van der Waals surface area contributed by atoms with Crippen molar-refractivity contribution in [2.75, 3.05) is 0 Å². The number of ether oxygens (including phenoxy) is 1. The molecule has 4 rings (SSSR count). The van der Waals surface area contributed by atoms with Gasteiger partial charge < -0.3 is 13.8 Å². The summed E-state index contributed by atoms with van der Waals surface area (Å²) in [7, 11) is 0. The van der Waals surface area contributed by atoms with Gasteiger partial charge in [0.05, 0.1) is 10.6 Å². The second kappa shape index (κ2) is 6.66. The van der Waals surface area contributed by atoms with Crippen molar-refractivity contribution in [1.82, 2.24) is 14.7 Å². The third-order valence-electron chi connectivity index (χ3n) is 3.47. The van der Waals surface area contributed by atoms with Crippen molar-refractivity contribution in [3.05, 3.63) is 64.4 Å². The minimum atomic E-state index is -0.408. The Labute approximate surface area is 151 Å². The van der Waals surface area contributed by atoms with Crippen molar-refractivity contribution in [3.8, 4) is 15.8 Å². The number of aromatic nitrogens is 3. The lowest BCUT2D eigenvalue weighted by Crippen LogP contribution is -2.05. The second-order valence-corrected chi connectivity index (χ2v) is 7.16. The van der Waals surface area contributed by atoms with Crippen LogP contribution in [-0.2, 0) is 11.3 Å². The molecule has 0 spiro atoms. The van der Waals surface area contributed by atoms with Crippen LogP contribution in [0.4, 0.5) is 0 Å². The van der Waals surface area contributed by atoms with Gasteiger partial charge in [-0.25, -0.2) is 9.78 Å². The first-order chi connectivity index (χ1) is 12.2. The number of thiophene rings is 1. The summed E-state index contributed by atoms with van der Waals surface area (Å²) in [5, 5.41) is 6.64. The average Bonchev–Trinajstić information content (AvgIpc) is 3.38. The maximum atomic E-state index is 12.3. The normalized spacial score (nSPS) is 10.9. The van der Waals surface area contributed by atoms with Crippen molar-refractivity contribution >= 4 is 28.6 Å². The maximum absolute atomic E-state index is 12.3. The molecule has 0 aliphatic carbocycles. The van der Waals surface area contributed by atoms with Gasteiger partial charge in [0.2, 0.25) is 0 Å². The number of carbonyl (C=O) groups excluding carboxylic acids is 1. The summed E-state index contributed by atoms with van der Waals surface area (Å²) in [4.78, 5) is 18.2. The van der Waals surface area contributed by atoms with Gasteiger partial charge in [-0.15, -0.1) is 11.3 Å². The van der Waals surface area contributed by atoms with Gasteiger partial charge in [-0.2, -0.15) is 0 Å². The standard InChI is InChI=1S/C17H13N3O3S2/c1-11-15(25-17(18-11)20-6-2-3-7-20)16(21)22-10-12-9-13(23-19-12)14-5-4-8-24-14/h2-9H,10H2,1H3. The third kappa shape index (κ3) is 3.26. The van der Waals surface area contributed by atoms with E-state index in [-0.39, 0.29) is 6.61 Å². The summed E-state index contributed by atoms with van der Waals surface area (Å²) in [5.74, 6) is 0.263. The molecule has 0 atom stereocenters. The highest BCUT2D eigenvalue weighted by Gasteiger charge is 2.18. The SMILES string of the molecule is Cc1nc(-n2cccc2)sc1C(=O)OCc1cc(-c2cccs2)on1. The Morgan fingerprint density at radius 2 is 2.16 bits per heavy atom. The smallest absolute Gasteiger partial charge is 0.350 e. The van der Waals surface area contributed by atoms with E-state index in [0.29, 0.717) is 22.0 Å². The summed E-state index contributed by atoms with van der Waals surface area (Å²) in [5.41, 5.74) is 1.22. The van der Waals surface area contributed by atoms with Crippen LogP contribution in [0.15, 0.2) is 52.6 Å². The van der Waals surface area contributed by atoms with Gasteiger partial charge in [0.1, 0.15) is 17.2 Å². The number of thiazole rings is 1. The first-order valence-corrected chi connectivity index (χ1v) is 9.17. The Balaban J connectivity index is 1.44. The Bertz CT molecular complexity index is 985. The van der Waals surface area contributed by atoms with Crippen LogP contribution in [0.25, 0.3) is 15.8 Å². The fourth-order valence-electron chi connectivity index (χ4n) is 2.26. The second-order valence-electron chi connectivity index (χ2n) is 5.24. The molecule has 126 valence electrons. The monoisotopic (exact) mass is 371 g/mol. The molecule has 0 aliphatic rings. The van der Waals surface area contributed by atoms with E-state index in [1.807, 2.05) is 46.6 Å². The van der Waals surface area contributed by atoms with Gasteiger partial charge in [-0.1, -0.05) is 22.6 Å². The minimum Gasteiger partial charge on any atom is -0.455 e. The molecule has 4 aromatic heterocycles. The lowest BCUT2D eigenvalue weighted by molar-refractivity contribution is 0.0469. The number of carbonyl (C=O) groups is 1. The maximum Gasteiger partial charge on any atom is 0.350 e. The summed E-state index contributed by atoms with van der Waals surface area (Å²) < 4.78 is 12.5. The molecule has 0 aliphatic heterocycles. The van der Waals surface area contributed by atoms with Gasteiger partial charge in [-0.05, 0) is 30.5 Å². The predicted octanol–water partition coefficient (Wildman–Crippen LogP) is 4.32. The quantitative estimate of drug-likeness (QED) is 0.489. The minimum absolute atomic E-state index is 0.0594. The highest BCUT2D eigenvalue weighted by molar-refractivity contribution is 7.16. The Morgan fingerprint density at radius 3 is 2.92 bits per heavy atom. The lowest BCUT2D eigenvalue weighted by atomic mass is 10.3. The van der Waals surface area contributed by atoms with Gasteiger partial charge in [0.25, 0.3) is 0 Å². The predicted molar refractivity (Wildman–Crippen MR) is 95.1 cm³/mol. The highest BCUT2D eigenvalue weighted by Crippen LogP contribution is 2.26. The van der Waals surface area contributed by atoms with E-state index in [4.69, 9.17) is 9.26 Å². The van der Waals surface area contributed by atoms with E-state index < -0.39 is 5.97 Å². The molecule has 0 amide bonds. The van der Waals surface area contributed by atoms with Gasteiger partial charge in [0.15, 0.2) is 10.9 Å². The average molecular weight is 371 g/mol. The fraction of sp³-hybridized carbons (Fsp3) is 0.118. The molecular formula is C17H13N3O3S2. The molecule has 0 radical (unpaired) electrons. The van der Waals surface area contributed by atoms with Crippen LogP contribution in [0.5, 0.6) is 0 Å². The molecule has 25 heavy (non-hydrogen) atoms. The summed E-state index contributed by atoms with van der Waals surface area (Å²) in [6, 6.07) is 9.49. The zero-order valence-corrected chi connectivity index (χ0v) is 14.8. The number of esters is 1. The summed E-state index contributed by atoms with van der Waals surface area (Å²) in [6.45, 7) is 1.86. The van der Waals surface area contributed by atoms with E-state index in [1.165, 1.54) is 11.3 Å². The molecule has 0 fully saturated rings. The molecular weight excluding hydrogens is 358 g/mol. The number of hydrogen-bond donors (Lipinski definition) is 0. The van der Waals surface area contributed by atoms with Crippen molar-refractivity contribution in [2.24, 2.45) is 0 Å². The number of nitrogens with zero attached hydrogens (tertiary/aromatic N) is 3. The van der Waals surface area contributed by atoms with Gasteiger partial charge in [-0.3, -0.25) is 0 Å². The van der Waals surface area contributed by atoms with Crippen LogP contribution in [0, 0.1) is 6.92 Å². The zero-order valence-electron chi connectivity index (χ0n) is 13.2. The zero-order chi connectivity index (χ0) is 17.2. The largest absolute Gasteiger partial charge is 0.455 e. The molecule has 4 heterocycles. The summed E-state index contributed by atoms with van der Waals surface area (Å²) >= 11 is 2.86. The molecule has 6 nitrogen and oxygen atoms in total.